The van der Waals surface area contributed by atoms with Crippen LogP contribution in [0.25, 0.3) is 0 Å². The third-order valence-electron chi connectivity index (χ3n) is 2.57. The van der Waals surface area contributed by atoms with Crippen molar-refractivity contribution in [3.63, 3.8) is 0 Å². The van der Waals surface area contributed by atoms with Crippen LogP contribution >= 0.6 is 11.6 Å². The minimum absolute atomic E-state index is 0.300. The molecule has 0 heterocycles. The lowest BCUT2D eigenvalue weighted by molar-refractivity contribution is -0.161. The Bertz CT molecular complexity index is 386. The summed E-state index contributed by atoms with van der Waals surface area (Å²) in [4.78, 5) is 10.8. The minimum atomic E-state index is -5.78. The van der Waals surface area contributed by atoms with E-state index in [9.17, 15) is 22.0 Å². The third kappa shape index (κ3) is 7.35. The van der Waals surface area contributed by atoms with Crippen molar-refractivity contribution in [2.75, 3.05) is 12.5 Å². The predicted octanol–water partition coefficient (Wildman–Crippen LogP) is 2.98. The Morgan fingerprint density at radius 1 is 1.05 bits per heavy atom. The number of carbonyl (C=O) groups is 1. The fourth-order valence-corrected chi connectivity index (χ4v) is 1.89. The molecule has 0 aromatic rings. The van der Waals surface area contributed by atoms with E-state index in [0.717, 1.165) is 32.1 Å². The van der Waals surface area contributed by atoms with Crippen molar-refractivity contribution in [1.82, 2.24) is 0 Å². The van der Waals surface area contributed by atoms with E-state index >= 15 is 0 Å². The number of hydrogen-bond acceptors (Lipinski definition) is 4. The van der Waals surface area contributed by atoms with Gasteiger partial charge in [0.25, 0.3) is 0 Å². The molecule has 0 amide bonds. The summed E-state index contributed by atoms with van der Waals surface area (Å²) in [7, 11) is -5.78. The normalized spacial score (nSPS) is 12.4. The van der Waals surface area contributed by atoms with Gasteiger partial charge in [0.15, 0.2) is 0 Å². The van der Waals surface area contributed by atoms with Gasteiger partial charge in [-0.25, -0.2) is 4.79 Å². The molecule has 9 heteroatoms. The molecule has 0 aliphatic carbocycles. The molecule has 0 aliphatic rings. The summed E-state index contributed by atoms with van der Waals surface area (Å²) >= 11 is 5.51. The van der Waals surface area contributed by atoms with E-state index in [1.807, 2.05) is 0 Å². The van der Waals surface area contributed by atoms with Crippen molar-refractivity contribution in [1.29, 1.82) is 0 Å². The first kappa shape index (κ1) is 19.5. The van der Waals surface area contributed by atoms with E-state index in [2.05, 4.69) is 4.74 Å². The molecule has 0 bridgehead atoms. The average molecular weight is 337 g/mol. The quantitative estimate of drug-likeness (QED) is 0.271. The summed E-state index contributed by atoms with van der Waals surface area (Å²) in [5, 5.41) is -4.91. The summed E-state index contributed by atoms with van der Waals surface area (Å²) in [5.74, 6) is -1.61. The fraction of sp³-hybridized carbons (Fsp3) is 0.909. The maximum absolute atomic E-state index is 12.7. The van der Waals surface area contributed by atoms with E-state index in [0.29, 0.717) is 18.7 Å². The second-order valence-corrected chi connectivity index (χ2v) is 6.13. The van der Waals surface area contributed by atoms with E-state index in [-0.39, 0.29) is 6.61 Å². The molecule has 0 atom stereocenters. The lowest BCUT2D eigenvalue weighted by Crippen LogP contribution is -2.39. The molecule has 0 radical (unpaired) electrons. The maximum Gasteiger partial charge on any atom is 0.465 e. The van der Waals surface area contributed by atoms with Crippen molar-refractivity contribution in [3.8, 4) is 0 Å². The highest BCUT2D eigenvalue weighted by Gasteiger charge is 2.54. The molecule has 0 saturated heterocycles. The van der Waals surface area contributed by atoms with E-state index in [4.69, 9.17) is 16.2 Å². The first-order chi connectivity index (χ1) is 9.23. The Labute approximate surface area is 122 Å². The van der Waals surface area contributed by atoms with Crippen LogP contribution in [0.4, 0.5) is 8.78 Å². The van der Waals surface area contributed by atoms with Gasteiger partial charge in [-0.2, -0.15) is 17.2 Å². The molecule has 1 N–H and O–H groups in total. The van der Waals surface area contributed by atoms with Gasteiger partial charge in [-0.1, -0.05) is 32.1 Å². The number of rotatable bonds is 11. The van der Waals surface area contributed by atoms with Crippen LogP contribution in [0.1, 0.15) is 44.9 Å². The van der Waals surface area contributed by atoms with Gasteiger partial charge in [0.2, 0.25) is 0 Å². The largest absolute Gasteiger partial charge is 0.465 e. The van der Waals surface area contributed by atoms with E-state index in [1.54, 1.807) is 0 Å². The molecule has 0 unspecified atom stereocenters. The van der Waals surface area contributed by atoms with Gasteiger partial charge >= 0.3 is 21.3 Å². The Hall–Kier alpha value is -0.470. The Morgan fingerprint density at radius 2 is 1.50 bits per heavy atom. The summed E-state index contributed by atoms with van der Waals surface area (Å²) < 4.78 is 58.3. The zero-order chi connectivity index (χ0) is 15.6. The van der Waals surface area contributed by atoms with Gasteiger partial charge in [0.1, 0.15) is 0 Å². The van der Waals surface area contributed by atoms with Crippen LogP contribution in [0, 0.1) is 0 Å². The van der Waals surface area contributed by atoms with Gasteiger partial charge in [-0.05, 0) is 12.8 Å². The van der Waals surface area contributed by atoms with Crippen LogP contribution in [0.15, 0.2) is 0 Å². The molecule has 0 spiro atoms. The average Bonchev–Trinajstić information content (AvgIpc) is 2.35. The Kier molecular flexibility index (Phi) is 9.24. The van der Waals surface area contributed by atoms with E-state index < -0.39 is 21.3 Å². The molecule has 0 fully saturated rings. The van der Waals surface area contributed by atoms with Crippen molar-refractivity contribution in [3.05, 3.63) is 0 Å². The number of halogens is 3. The topological polar surface area (TPSA) is 80.7 Å². The minimum Gasteiger partial charge on any atom is -0.460 e. The summed E-state index contributed by atoms with van der Waals surface area (Å²) in [5.41, 5.74) is 0. The van der Waals surface area contributed by atoms with E-state index in [1.165, 1.54) is 0 Å². The summed E-state index contributed by atoms with van der Waals surface area (Å²) in [6.45, 7) is -0.300. The molecular formula is C11H19ClF2O5S. The number of ether oxygens (including phenoxy) is 1. The highest BCUT2D eigenvalue weighted by atomic mass is 35.5. The summed E-state index contributed by atoms with van der Waals surface area (Å²) in [6, 6.07) is 0. The second-order valence-electron chi connectivity index (χ2n) is 4.29. The van der Waals surface area contributed by atoms with Gasteiger partial charge in [-0.3, -0.25) is 4.55 Å². The zero-order valence-corrected chi connectivity index (χ0v) is 12.6. The number of alkyl halides is 3. The lowest BCUT2D eigenvalue weighted by Gasteiger charge is -2.11. The van der Waals surface area contributed by atoms with Crippen molar-refractivity contribution in [2.24, 2.45) is 0 Å². The number of carbonyl (C=O) groups excluding carboxylic acids is 1. The molecular weight excluding hydrogens is 318 g/mol. The molecule has 0 aromatic heterocycles. The lowest BCUT2D eigenvalue weighted by atomic mass is 10.1. The molecule has 0 aliphatic heterocycles. The highest BCUT2D eigenvalue weighted by Crippen LogP contribution is 2.22. The van der Waals surface area contributed by atoms with Gasteiger partial charge in [-0.15, -0.1) is 11.6 Å². The van der Waals surface area contributed by atoms with Crippen LogP contribution in [0.5, 0.6) is 0 Å². The highest BCUT2D eigenvalue weighted by molar-refractivity contribution is 7.87. The zero-order valence-electron chi connectivity index (χ0n) is 11.0. The molecule has 5 nitrogen and oxygen atoms in total. The first-order valence-electron chi connectivity index (χ1n) is 6.31. The molecule has 0 aromatic carbocycles. The van der Waals surface area contributed by atoms with Crippen LogP contribution in [-0.4, -0.2) is 36.7 Å². The predicted molar refractivity (Wildman–Crippen MR) is 70.5 cm³/mol. The maximum atomic E-state index is 12.7. The smallest absolute Gasteiger partial charge is 0.460 e. The standard InChI is InChI=1S/C11H19ClF2O5S/c12-8-6-4-2-1-3-5-7-9-19-10(15)11(13,14)20(16,17)18/h1-9H2,(H,16,17,18). The SMILES string of the molecule is O=C(OCCCCCCCCCCl)C(F)(F)S(=O)(=O)O. The Morgan fingerprint density at radius 3 is 1.95 bits per heavy atom. The number of esters is 1. The monoisotopic (exact) mass is 336 g/mol. The molecule has 0 rings (SSSR count). The summed E-state index contributed by atoms with van der Waals surface area (Å²) in [6.07, 6.45) is 5.94. The van der Waals surface area contributed by atoms with Crippen molar-refractivity contribution >= 4 is 27.7 Å². The number of hydrogen-bond donors (Lipinski definition) is 1. The fourth-order valence-electron chi connectivity index (χ4n) is 1.43. The van der Waals surface area contributed by atoms with Crippen molar-refractivity contribution in [2.45, 2.75) is 50.2 Å². The van der Waals surface area contributed by atoms with Crippen LogP contribution in [-0.2, 0) is 19.6 Å². The molecule has 120 valence electrons. The van der Waals surface area contributed by atoms with Gasteiger partial charge in [0, 0.05) is 5.88 Å². The third-order valence-corrected chi connectivity index (χ3v) is 3.65. The van der Waals surface area contributed by atoms with Gasteiger partial charge in [0.05, 0.1) is 6.61 Å². The van der Waals surface area contributed by atoms with Gasteiger partial charge < -0.3 is 4.74 Å². The number of unbranched alkanes of at least 4 members (excludes halogenated alkanes) is 6. The van der Waals surface area contributed by atoms with Crippen LogP contribution in [0.2, 0.25) is 0 Å². The molecule has 20 heavy (non-hydrogen) atoms. The first-order valence-corrected chi connectivity index (χ1v) is 8.29. The molecule has 0 saturated carbocycles. The van der Waals surface area contributed by atoms with Crippen molar-refractivity contribution < 1.29 is 31.3 Å². The van der Waals surface area contributed by atoms with Crippen LogP contribution < -0.4 is 0 Å². The van der Waals surface area contributed by atoms with Crippen LogP contribution in [0.3, 0.4) is 0 Å². The second kappa shape index (κ2) is 9.46. The Balaban J connectivity index is 3.69.